The van der Waals surface area contributed by atoms with Crippen LogP contribution in [0.4, 0.5) is 0 Å². The molecule has 0 heterocycles. The summed E-state index contributed by atoms with van der Waals surface area (Å²) in [6, 6.07) is 27.5. The van der Waals surface area contributed by atoms with Gasteiger partial charge in [-0.25, -0.2) is 4.79 Å². The van der Waals surface area contributed by atoms with Crippen molar-refractivity contribution in [2.24, 2.45) is 5.16 Å². The minimum Gasteiger partial charge on any atom is -0.313 e. The van der Waals surface area contributed by atoms with E-state index < -0.39 is 5.97 Å². The average Bonchev–Trinajstić information content (AvgIpc) is 2.69. The number of carbonyl (C=O) groups excluding carboxylic acids is 1. The molecule has 0 unspecified atom stereocenters. The fourth-order valence-corrected chi connectivity index (χ4v) is 3.21. The van der Waals surface area contributed by atoms with Gasteiger partial charge >= 0.3 is 5.97 Å². The molecule has 0 fully saturated rings. The molecular weight excluding hydrogens is 342 g/mol. The first-order chi connectivity index (χ1) is 12.7. The maximum Gasteiger partial charge on any atom is 0.365 e. The summed E-state index contributed by atoms with van der Waals surface area (Å²) in [4.78, 5) is 19.3. The zero-order valence-electron chi connectivity index (χ0n) is 14.5. The van der Waals surface area contributed by atoms with Gasteiger partial charge in [-0.2, -0.15) is 0 Å². The Morgan fingerprint density at radius 1 is 0.846 bits per heavy atom. The van der Waals surface area contributed by atoms with Gasteiger partial charge in [0.05, 0.1) is 11.3 Å². The van der Waals surface area contributed by atoms with Crippen molar-refractivity contribution in [3.63, 3.8) is 0 Å². The van der Waals surface area contributed by atoms with Crippen molar-refractivity contribution < 1.29 is 9.63 Å². The maximum absolute atomic E-state index is 11.9. The number of oxime groups is 1. The molecular formula is C22H19NO2S. The first kappa shape index (κ1) is 18.0. The molecule has 0 atom stereocenters. The lowest BCUT2D eigenvalue weighted by molar-refractivity contribution is 0.0515. The lowest BCUT2D eigenvalue weighted by Crippen LogP contribution is -2.04. The van der Waals surface area contributed by atoms with Gasteiger partial charge in [-0.3, -0.25) is 0 Å². The molecule has 0 aromatic heterocycles. The van der Waals surface area contributed by atoms with Crippen molar-refractivity contribution in [3.05, 3.63) is 96.1 Å². The van der Waals surface area contributed by atoms with Gasteiger partial charge in [0.2, 0.25) is 0 Å². The highest BCUT2D eigenvalue weighted by molar-refractivity contribution is 7.99. The zero-order chi connectivity index (χ0) is 18.2. The summed E-state index contributed by atoms with van der Waals surface area (Å²) in [5.74, 6) is -0.445. The molecule has 0 bridgehead atoms. The molecule has 4 heteroatoms. The summed E-state index contributed by atoms with van der Waals surface area (Å²) in [6.07, 6.45) is 0.637. The summed E-state index contributed by atoms with van der Waals surface area (Å²) in [7, 11) is 0. The SMILES string of the molecule is CC(Cc1ccc(Sc2ccccc2)cc1)=NOC(=O)c1ccccc1. The Morgan fingerprint density at radius 2 is 1.42 bits per heavy atom. The number of benzene rings is 3. The summed E-state index contributed by atoms with van der Waals surface area (Å²) in [5, 5.41) is 3.95. The van der Waals surface area contributed by atoms with Crippen LogP contribution in [0.2, 0.25) is 0 Å². The molecule has 0 aliphatic heterocycles. The molecule has 0 saturated heterocycles. The van der Waals surface area contributed by atoms with E-state index in [0.717, 1.165) is 11.3 Å². The Labute approximate surface area is 157 Å². The monoisotopic (exact) mass is 361 g/mol. The van der Waals surface area contributed by atoms with Crippen molar-refractivity contribution in [1.82, 2.24) is 0 Å². The Morgan fingerprint density at radius 3 is 2.08 bits per heavy atom. The van der Waals surface area contributed by atoms with E-state index in [-0.39, 0.29) is 0 Å². The van der Waals surface area contributed by atoms with E-state index in [4.69, 9.17) is 4.84 Å². The second kappa shape index (κ2) is 9.02. The third kappa shape index (κ3) is 5.33. The van der Waals surface area contributed by atoms with E-state index in [1.165, 1.54) is 9.79 Å². The number of carbonyl (C=O) groups is 1. The van der Waals surface area contributed by atoms with Crippen molar-refractivity contribution in [2.45, 2.75) is 23.1 Å². The highest BCUT2D eigenvalue weighted by Crippen LogP contribution is 2.27. The molecule has 3 nitrogen and oxygen atoms in total. The molecule has 26 heavy (non-hydrogen) atoms. The first-order valence-corrected chi connectivity index (χ1v) is 9.14. The van der Waals surface area contributed by atoms with Gasteiger partial charge in [-0.1, -0.05) is 65.4 Å². The highest BCUT2D eigenvalue weighted by atomic mass is 32.2. The third-order valence-electron chi connectivity index (χ3n) is 3.66. The predicted octanol–water partition coefficient (Wildman–Crippen LogP) is 5.61. The smallest absolute Gasteiger partial charge is 0.313 e. The van der Waals surface area contributed by atoms with Gasteiger partial charge in [0.25, 0.3) is 0 Å². The van der Waals surface area contributed by atoms with E-state index in [1.54, 1.807) is 36.0 Å². The molecule has 130 valence electrons. The molecule has 0 aliphatic carbocycles. The van der Waals surface area contributed by atoms with Crippen LogP contribution >= 0.6 is 11.8 Å². The lowest BCUT2D eigenvalue weighted by atomic mass is 10.1. The molecule has 0 aliphatic rings. The van der Waals surface area contributed by atoms with Crippen LogP contribution in [0.25, 0.3) is 0 Å². The van der Waals surface area contributed by atoms with Crippen molar-refractivity contribution in [3.8, 4) is 0 Å². The Kier molecular flexibility index (Phi) is 6.23. The van der Waals surface area contributed by atoms with Gasteiger partial charge in [0.1, 0.15) is 0 Å². The molecule has 0 N–H and O–H groups in total. The van der Waals surface area contributed by atoms with Gasteiger partial charge in [-0.05, 0) is 48.9 Å². The fourth-order valence-electron chi connectivity index (χ4n) is 2.37. The van der Waals surface area contributed by atoms with E-state index in [9.17, 15) is 4.79 Å². The van der Waals surface area contributed by atoms with Crippen LogP contribution in [-0.4, -0.2) is 11.7 Å². The van der Waals surface area contributed by atoms with E-state index in [1.807, 2.05) is 31.2 Å². The molecule has 0 spiro atoms. The molecule has 0 saturated carbocycles. The van der Waals surface area contributed by atoms with Crippen LogP contribution in [0.3, 0.4) is 0 Å². The number of rotatable bonds is 6. The van der Waals surface area contributed by atoms with Gasteiger partial charge in [-0.15, -0.1) is 0 Å². The van der Waals surface area contributed by atoms with Gasteiger partial charge in [0, 0.05) is 16.2 Å². The van der Waals surface area contributed by atoms with Crippen LogP contribution in [0, 0.1) is 0 Å². The van der Waals surface area contributed by atoms with E-state index in [2.05, 4.69) is 41.6 Å². The van der Waals surface area contributed by atoms with Crippen LogP contribution in [-0.2, 0) is 11.3 Å². The van der Waals surface area contributed by atoms with E-state index in [0.29, 0.717) is 12.0 Å². The topological polar surface area (TPSA) is 38.7 Å². The van der Waals surface area contributed by atoms with Crippen LogP contribution < -0.4 is 0 Å². The van der Waals surface area contributed by atoms with Crippen molar-refractivity contribution in [2.75, 3.05) is 0 Å². The molecule has 0 amide bonds. The first-order valence-electron chi connectivity index (χ1n) is 8.32. The second-order valence-corrected chi connectivity index (χ2v) is 6.95. The van der Waals surface area contributed by atoms with Crippen LogP contribution in [0.15, 0.2) is 99.9 Å². The molecule has 3 aromatic rings. The Hall–Kier alpha value is -2.85. The standard InChI is InChI=1S/C22H19NO2S/c1-17(23-25-22(24)19-8-4-2-5-9-19)16-18-12-14-21(15-13-18)26-20-10-6-3-7-11-20/h2-15H,16H2,1H3. The zero-order valence-corrected chi connectivity index (χ0v) is 15.3. The number of hydrogen-bond acceptors (Lipinski definition) is 4. The normalized spacial score (nSPS) is 11.2. The summed E-state index contributed by atoms with van der Waals surface area (Å²) >= 11 is 1.73. The lowest BCUT2D eigenvalue weighted by Gasteiger charge is -2.05. The Balaban J connectivity index is 1.55. The van der Waals surface area contributed by atoms with E-state index >= 15 is 0 Å². The van der Waals surface area contributed by atoms with Crippen molar-refractivity contribution in [1.29, 1.82) is 0 Å². The van der Waals surface area contributed by atoms with Crippen LogP contribution in [0.1, 0.15) is 22.8 Å². The number of nitrogens with zero attached hydrogens (tertiary/aromatic N) is 1. The fraction of sp³-hybridized carbons (Fsp3) is 0.0909. The van der Waals surface area contributed by atoms with Gasteiger partial charge < -0.3 is 4.84 Å². The summed E-state index contributed by atoms with van der Waals surface area (Å²) < 4.78 is 0. The number of hydrogen-bond donors (Lipinski definition) is 0. The second-order valence-electron chi connectivity index (χ2n) is 5.81. The third-order valence-corrected chi connectivity index (χ3v) is 4.67. The largest absolute Gasteiger partial charge is 0.365 e. The minimum atomic E-state index is -0.445. The van der Waals surface area contributed by atoms with Crippen molar-refractivity contribution >= 4 is 23.4 Å². The highest BCUT2D eigenvalue weighted by Gasteiger charge is 2.06. The maximum atomic E-state index is 11.9. The molecule has 3 rings (SSSR count). The minimum absolute atomic E-state index is 0.445. The molecule has 0 radical (unpaired) electrons. The summed E-state index contributed by atoms with van der Waals surface area (Å²) in [6.45, 7) is 1.85. The average molecular weight is 361 g/mol. The summed E-state index contributed by atoms with van der Waals surface area (Å²) in [5.41, 5.74) is 2.36. The quantitative estimate of drug-likeness (QED) is 0.325. The van der Waals surface area contributed by atoms with Crippen LogP contribution in [0.5, 0.6) is 0 Å². The Bertz CT molecular complexity index is 875. The predicted molar refractivity (Wildman–Crippen MR) is 106 cm³/mol. The van der Waals surface area contributed by atoms with Gasteiger partial charge in [0.15, 0.2) is 0 Å². The molecule has 3 aromatic carbocycles.